The summed E-state index contributed by atoms with van der Waals surface area (Å²) < 4.78 is 6.14. The molecule has 0 radical (unpaired) electrons. The van der Waals surface area contributed by atoms with Crippen LogP contribution in [-0.2, 0) is 29.7 Å². The summed E-state index contributed by atoms with van der Waals surface area (Å²) in [5, 5.41) is 9.21. The van der Waals surface area contributed by atoms with Crippen molar-refractivity contribution >= 4 is 5.97 Å². The first-order chi connectivity index (χ1) is 15.8. The molecular formula is C30H36O3. The zero-order valence-corrected chi connectivity index (χ0v) is 20.4. The van der Waals surface area contributed by atoms with E-state index < -0.39 is 5.97 Å². The van der Waals surface area contributed by atoms with Crippen LogP contribution in [0, 0.1) is 0 Å². The molecule has 33 heavy (non-hydrogen) atoms. The van der Waals surface area contributed by atoms with Crippen LogP contribution in [0.5, 0.6) is 5.75 Å². The van der Waals surface area contributed by atoms with E-state index in [9.17, 15) is 9.90 Å². The molecule has 3 aromatic carbocycles. The van der Waals surface area contributed by atoms with Crippen LogP contribution in [0.4, 0.5) is 0 Å². The average Bonchev–Trinajstić information content (AvgIpc) is 2.80. The Balaban J connectivity index is 1.77. The van der Waals surface area contributed by atoms with E-state index in [1.807, 2.05) is 6.07 Å². The number of unbranched alkanes of at least 4 members (excludes halogenated alkanes) is 1. The van der Waals surface area contributed by atoms with Crippen LogP contribution in [0.15, 0.2) is 66.7 Å². The molecule has 0 heterocycles. The van der Waals surface area contributed by atoms with Gasteiger partial charge in [0.1, 0.15) is 12.4 Å². The van der Waals surface area contributed by atoms with Crippen molar-refractivity contribution in [2.75, 3.05) is 0 Å². The lowest BCUT2D eigenvalue weighted by Crippen LogP contribution is -2.10. The number of aryl methyl sites for hydroxylation is 2. The molecular weight excluding hydrogens is 408 g/mol. The fraction of sp³-hybridized carbons (Fsp3) is 0.367. The number of ether oxygens (including phenoxy) is 1. The Morgan fingerprint density at radius 2 is 1.48 bits per heavy atom. The second-order valence-corrected chi connectivity index (χ2v) is 9.75. The normalized spacial score (nSPS) is 11.4. The van der Waals surface area contributed by atoms with Gasteiger partial charge < -0.3 is 9.84 Å². The highest BCUT2D eigenvalue weighted by molar-refractivity contribution is 5.69. The van der Waals surface area contributed by atoms with Gasteiger partial charge in [0.2, 0.25) is 0 Å². The Kier molecular flexibility index (Phi) is 8.32. The molecule has 0 aliphatic carbocycles. The van der Waals surface area contributed by atoms with Gasteiger partial charge in [-0.15, -0.1) is 0 Å². The number of hydrogen-bond acceptors (Lipinski definition) is 2. The summed E-state index contributed by atoms with van der Waals surface area (Å²) in [6, 6.07) is 23.3. The predicted molar refractivity (Wildman–Crippen MR) is 136 cm³/mol. The number of benzene rings is 3. The van der Waals surface area contributed by atoms with E-state index in [1.165, 1.54) is 24.0 Å². The van der Waals surface area contributed by atoms with E-state index in [-0.39, 0.29) is 11.8 Å². The van der Waals surface area contributed by atoms with E-state index in [4.69, 9.17) is 4.74 Å². The topological polar surface area (TPSA) is 46.5 Å². The van der Waals surface area contributed by atoms with Crippen LogP contribution in [0.3, 0.4) is 0 Å². The zero-order chi connectivity index (χ0) is 23.8. The quantitative estimate of drug-likeness (QED) is 0.350. The third-order valence-electron chi connectivity index (χ3n) is 5.99. The van der Waals surface area contributed by atoms with E-state index >= 15 is 0 Å². The van der Waals surface area contributed by atoms with E-state index in [0.717, 1.165) is 34.4 Å². The molecule has 0 saturated carbocycles. The first kappa shape index (κ1) is 24.6. The van der Waals surface area contributed by atoms with Crippen molar-refractivity contribution in [3.63, 3.8) is 0 Å². The van der Waals surface area contributed by atoms with Gasteiger partial charge >= 0.3 is 5.97 Å². The summed E-state index contributed by atoms with van der Waals surface area (Å²) in [6.45, 7) is 9.29. The van der Waals surface area contributed by atoms with Gasteiger partial charge in [-0.3, -0.25) is 4.79 Å². The van der Waals surface area contributed by atoms with Crippen molar-refractivity contribution in [2.24, 2.45) is 0 Å². The highest BCUT2D eigenvalue weighted by Gasteiger charge is 2.14. The van der Waals surface area contributed by atoms with Gasteiger partial charge in [-0.25, -0.2) is 0 Å². The van der Waals surface area contributed by atoms with Crippen molar-refractivity contribution < 1.29 is 14.6 Å². The Bertz CT molecular complexity index is 1040. The maximum absolute atomic E-state index is 11.2. The van der Waals surface area contributed by atoms with E-state index in [2.05, 4.69) is 88.4 Å². The molecule has 174 valence electrons. The highest BCUT2D eigenvalue weighted by atomic mass is 16.5. The molecule has 0 unspecified atom stereocenters. The fourth-order valence-corrected chi connectivity index (χ4v) is 3.84. The number of carboxylic acid groups (broad SMARTS) is 1. The first-order valence-corrected chi connectivity index (χ1v) is 11.9. The summed E-state index contributed by atoms with van der Waals surface area (Å²) in [7, 11) is 0. The average molecular weight is 445 g/mol. The summed E-state index contributed by atoms with van der Waals surface area (Å²) in [4.78, 5) is 11.2. The first-order valence-electron chi connectivity index (χ1n) is 11.9. The largest absolute Gasteiger partial charge is 0.489 e. The fourth-order valence-electron chi connectivity index (χ4n) is 3.84. The number of carbonyl (C=O) groups is 1. The summed E-state index contributed by atoms with van der Waals surface area (Å²) >= 11 is 0. The van der Waals surface area contributed by atoms with Gasteiger partial charge in [0.05, 0.1) is 0 Å². The number of aliphatic carboxylic acids is 1. The Hall–Kier alpha value is -3.07. The minimum absolute atomic E-state index is 0.0783. The molecule has 3 rings (SSSR count). The van der Waals surface area contributed by atoms with Crippen LogP contribution in [0.25, 0.3) is 11.1 Å². The second kappa shape index (κ2) is 11.2. The maximum atomic E-state index is 11.2. The molecule has 0 fully saturated rings. The number of hydrogen-bond donors (Lipinski definition) is 1. The third-order valence-corrected chi connectivity index (χ3v) is 5.99. The Morgan fingerprint density at radius 3 is 2.09 bits per heavy atom. The molecule has 0 aromatic heterocycles. The zero-order valence-electron chi connectivity index (χ0n) is 20.4. The summed E-state index contributed by atoms with van der Waals surface area (Å²) in [5.41, 5.74) is 6.98. The monoisotopic (exact) mass is 444 g/mol. The summed E-state index contributed by atoms with van der Waals surface area (Å²) in [5.74, 6) is -0.0510. The third kappa shape index (κ3) is 7.21. The molecule has 0 bridgehead atoms. The SMILES string of the molecule is CCCCc1ccc(COc2ccc(-c3ccc(C(C)(C)C)cc3)cc2CCC(=O)O)cc1. The van der Waals surface area contributed by atoms with Crippen LogP contribution < -0.4 is 4.74 Å². The molecule has 0 aliphatic rings. The van der Waals surface area contributed by atoms with Crippen LogP contribution in [0.2, 0.25) is 0 Å². The molecule has 1 N–H and O–H groups in total. The van der Waals surface area contributed by atoms with Gasteiger partial charge in [-0.05, 0) is 70.2 Å². The molecule has 0 saturated heterocycles. The van der Waals surface area contributed by atoms with Gasteiger partial charge in [-0.2, -0.15) is 0 Å². The lowest BCUT2D eigenvalue weighted by atomic mass is 9.86. The summed E-state index contributed by atoms with van der Waals surface area (Å²) in [6.07, 6.45) is 4.02. The van der Waals surface area contributed by atoms with E-state index in [1.54, 1.807) is 0 Å². The lowest BCUT2D eigenvalue weighted by Gasteiger charge is -2.19. The van der Waals surface area contributed by atoms with Crippen molar-refractivity contribution in [3.05, 3.63) is 89.0 Å². The van der Waals surface area contributed by atoms with Gasteiger partial charge in [0.25, 0.3) is 0 Å². The van der Waals surface area contributed by atoms with Gasteiger partial charge in [-0.1, -0.05) is 88.7 Å². The van der Waals surface area contributed by atoms with Crippen molar-refractivity contribution in [2.45, 2.75) is 71.8 Å². The van der Waals surface area contributed by atoms with Crippen molar-refractivity contribution in [1.29, 1.82) is 0 Å². The lowest BCUT2D eigenvalue weighted by molar-refractivity contribution is -0.136. The van der Waals surface area contributed by atoms with E-state index in [0.29, 0.717) is 13.0 Å². The van der Waals surface area contributed by atoms with Gasteiger partial charge in [0, 0.05) is 6.42 Å². The second-order valence-electron chi connectivity index (χ2n) is 9.75. The molecule has 3 nitrogen and oxygen atoms in total. The molecule has 0 amide bonds. The molecule has 0 aliphatic heterocycles. The van der Waals surface area contributed by atoms with Crippen LogP contribution >= 0.6 is 0 Å². The molecule has 0 spiro atoms. The number of rotatable bonds is 10. The molecule has 3 aromatic rings. The van der Waals surface area contributed by atoms with Crippen LogP contribution in [-0.4, -0.2) is 11.1 Å². The minimum atomic E-state index is -0.802. The number of carboxylic acids is 1. The highest BCUT2D eigenvalue weighted by Crippen LogP contribution is 2.30. The van der Waals surface area contributed by atoms with Crippen molar-refractivity contribution in [1.82, 2.24) is 0 Å². The Morgan fingerprint density at radius 1 is 0.848 bits per heavy atom. The molecule has 0 atom stereocenters. The maximum Gasteiger partial charge on any atom is 0.303 e. The Labute approximate surface area is 198 Å². The minimum Gasteiger partial charge on any atom is -0.489 e. The van der Waals surface area contributed by atoms with Gasteiger partial charge in [0.15, 0.2) is 0 Å². The predicted octanol–water partition coefficient (Wildman–Crippen LogP) is 7.59. The smallest absolute Gasteiger partial charge is 0.303 e. The standard InChI is InChI=1S/C30H36O3/c1-5-6-7-22-8-10-23(11-9-22)21-33-28-18-14-25(20-26(28)15-19-29(31)32)24-12-16-27(17-13-24)30(2,3)4/h8-14,16-18,20H,5-7,15,19,21H2,1-4H3,(H,31,32). The van der Waals surface area contributed by atoms with Crippen molar-refractivity contribution in [3.8, 4) is 16.9 Å². The van der Waals surface area contributed by atoms with Crippen LogP contribution in [0.1, 0.15) is 69.2 Å². The molecule has 3 heteroatoms.